The Hall–Kier alpha value is -3.06. The quantitative estimate of drug-likeness (QED) is 0.582. The Morgan fingerprint density at radius 1 is 1.07 bits per heavy atom. The number of nitrogens with one attached hydrogen (secondary N) is 1. The Labute approximate surface area is 168 Å². The van der Waals surface area contributed by atoms with Crippen molar-refractivity contribution in [3.8, 4) is 27.8 Å². The van der Waals surface area contributed by atoms with E-state index in [4.69, 9.17) is 14.2 Å². The van der Waals surface area contributed by atoms with Gasteiger partial charge in [0.1, 0.15) is 22.2 Å². The zero-order valence-corrected chi connectivity index (χ0v) is 16.8. The summed E-state index contributed by atoms with van der Waals surface area (Å²) < 4.78 is 16.2. The summed E-state index contributed by atoms with van der Waals surface area (Å²) in [5.74, 6) is 1.90. The van der Waals surface area contributed by atoms with Crippen molar-refractivity contribution in [3.63, 3.8) is 0 Å². The molecule has 0 unspecified atom stereocenters. The van der Waals surface area contributed by atoms with E-state index in [1.165, 1.54) is 11.3 Å². The molecule has 1 aromatic heterocycles. The molecule has 0 fully saturated rings. The normalized spacial score (nSPS) is 10.4. The number of benzene rings is 2. The Bertz CT molecular complexity index is 941. The molecule has 146 valence electrons. The van der Waals surface area contributed by atoms with Crippen LogP contribution in [-0.4, -0.2) is 38.3 Å². The molecule has 0 atom stereocenters. The van der Waals surface area contributed by atoms with Crippen molar-refractivity contribution >= 4 is 17.2 Å². The van der Waals surface area contributed by atoms with Gasteiger partial charge in [-0.15, -0.1) is 11.3 Å². The molecule has 0 saturated heterocycles. The third-order valence-corrected chi connectivity index (χ3v) is 5.24. The minimum absolute atomic E-state index is 0.154. The van der Waals surface area contributed by atoms with Gasteiger partial charge in [0.15, 0.2) is 11.5 Å². The fourth-order valence-electron chi connectivity index (χ4n) is 2.63. The van der Waals surface area contributed by atoms with Crippen LogP contribution >= 0.6 is 11.3 Å². The first-order valence-corrected chi connectivity index (χ1v) is 9.60. The van der Waals surface area contributed by atoms with Crippen molar-refractivity contribution in [3.05, 3.63) is 59.1 Å². The summed E-state index contributed by atoms with van der Waals surface area (Å²) in [7, 11) is 3.18. The Balaban J connectivity index is 1.64. The van der Waals surface area contributed by atoms with Gasteiger partial charge in [0.05, 0.1) is 26.5 Å². The Morgan fingerprint density at radius 3 is 2.54 bits per heavy atom. The van der Waals surface area contributed by atoms with Crippen molar-refractivity contribution in [1.29, 1.82) is 0 Å². The van der Waals surface area contributed by atoms with Crippen LogP contribution in [0.15, 0.2) is 48.5 Å². The highest BCUT2D eigenvalue weighted by molar-refractivity contribution is 7.17. The van der Waals surface area contributed by atoms with E-state index in [0.29, 0.717) is 35.2 Å². The van der Waals surface area contributed by atoms with Gasteiger partial charge in [0.2, 0.25) is 0 Å². The van der Waals surface area contributed by atoms with Crippen molar-refractivity contribution < 1.29 is 19.0 Å². The van der Waals surface area contributed by atoms with Gasteiger partial charge >= 0.3 is 0 Å². The van der Waals surface area contributed by atoms with Crippen LogP contribution in [0.5, 0.6) is 17.2 Å². The predicted molar refractivity (Wildman–Crippen MR) is 110 cm³/mol. The second kappa shape index (κ2) is 9.23. The van der Waals surface area contributed by atoms with Gasteiger partial charge < -0.3 is 19.5 Å². The third-order valence-electron chi connectivity index (χ3n) is 4.03. The van der Waals surface area contributed by atoms with E-state index in [1.54, 1.807) is 14.2 Å². The highest BCUT2D eigenvalue weighted by atomic mass is 32.1. The second-order valence-corrected chi connectivity index (χ2v) is 6.92. The first-order chi connectivity index (χ1) is 13.6. The smallest absolute Gasteiger partial charge is 0.263 e. The first kappa shape index (κ1) is 19.7. The number of carbonyl (C=O) groups is 1. The van der Waals surface area contributed by atoms with Crippen LogP contribution < -0.4 is 19.5 Å². The van der Waals surface area contributed by atoms with Crippen molar-refractivity contribution in [2.45, 2.75) is 6.92 Å². The molecule has 0 bridgehead atoms. The summed E-state index contributed by atoms with van der Waals surface area (Å²) in [4.78, 5) is 17.6. The van der Waals surface area contributed by atoms with E-state index in [2.05, 4.69) is 10.3 Å². The summed E-state index contributed by atoms with van der Waals surface area (Å²) in [6.07, 6.45) is 0. The van der Waals surface area contributed by atoms with E-state index in [0.717, 1.165) is 16.3 Å². The number of methoxy groups -OCH3 is 2. The number of rotatable bonds is 8. The largest absolute Gasteiger partial charge is 0.493 e. The molecule has 0 aliphatic heterocycles. The molecule has 1 N–H and O–H groups in total. The number of aryl methyl sites for hydroxylation is 1. The Morgan fingerprint density at radius 2 is 1.82 bits per heavy atom. The van der Waals surface area contributed by atoms with Crippen LogP contribution in [0.25, 0.3) is 10.6 Å². The maximum atomic E-state index is 12.5. The molecule has 7 heteroatoms. The molecule has 0 aliphatic rings. The van der Waals surface area contributed by atoms with Gasteiger partial charge in [-0.1, -0.05) is 18.2 Å². The fraction of sp³-hybridized carbons (Fsp3) is 0.238. The average Bonchev–Trinajstić information content (AvgIpc) is 3.13. The lowest BCUT2D eigenvalue weighted by Gasteiger charge is -2.08. The zero-order chi connectivity index (χ0) is 19.9. The van der Waals surface area contributed by atoms with Gasteiger partial charge in [-0.3, -0.25) is 4.79 Å². The number of hydrogen-bond donors (Lipinski definition) is 1. The van der Waals surface area contributed by atoms with Crippen molar-refractivity contribution in [2.75, 3.05) is 27.4 Å². The SMILES string of the molecule is COc1ccc(-c2nc(C)c(C(=O)NCCOc3ccccc3)s2)cc1OC. The third kappa shape index (κ3) is 4.61. The van der Waals surface area contributed by atoms with Gasteiger partial charge in [-0.05, 0) is 37.3 Å². The summed E-state index contributed by atoms with van der Waals surface area (Å²) in [6.45, 7) is 2.64. The van der Waals surface area contributed by atoms with Crippen LogP contribution in [-0.2, 0) is 0 Å². The van der Waals surface area contributed by atoms with Crippen LogP contribution in [0.2, 0.25) is 0 Å². The minimum atomic E-state index is -0.154. The monoisotopic (exact) mass is 398 g/mol. The number of nitrogens with zero attached hydrogens (tertiary/aromatic N) is 1. The van der Waals surface area contributed by atoms with E-state index >= 15 is 0 Å². The standard InChI is InChI=1S/C21H22N2O4S/c1-14-19(20(24)22-11-12-27-16-7-5-4-6-8-16)28-21(23-14)15-9-10-17(25-2)18(13-15)26-3/h4-10,13H,11-12H2,1-3H3,(H,22,24). The molecule has 2 aromatic carbocycles. The molecule has 28 heavy (non-hydrogen) atoms. The molecule has 1 heterocycles. The molecule has 3 aromatic rings. The second-order valence-electron chi connectivity index (χ2n) is 5.92. The van der Waals surface area contributed by atoms with Crippen LogP contribution in [0.4, 0.5) is 0 Å². The summed E-state index contributed by atoms with van der Waals surface area (Å²) in [5.41, 5.74) is 1.56. The predicted octanol–water partition coefficient (Wildman–Crippen LogP) is 3.94. The fourth-order valence-corrected chi connectivity index (χ4v) is 3.61. The lowest BCUT2D eigenvalue weighted by atomic mass is 10.2. The lowest BCUT2D eigenvalue weighted by Crippen LogP contribution is -2.27. The number of thiazole rings is 1. The molecular formula is C21H22N2O4S. The van der Waals surface area contributed by atoms with Crippen molar-refractivity contribution in [2.24, 2.45) is 0 Å². The lowest BCUT2D eigenvalue weighted by molar-refractivity contribution is 0.0950. The van der Waals surface area contributed by atoms with E-state index in [1.807, 2.05) is 55.5 Å². The van der Waals surface area contributed by atoms with Crippen LogP contribution in [0.3, 0.4) is 0 Å². The van der Waals surface area contributed by atoms with E-state index in [9.17, 15) is 4.79 Å². The Kier molecular flexibility index (Phi) is 6.49. The number of ether oxygens (including phenoxy) is 3. The topological polar surface area (TPSA) is 69.7 Å². The summed E-state index contributed by atoms with van der Waals surface area (Å²) in [6, 6.07) is 15.1. The molecule has 0 radical (unpaired) electrons. The molecule has 1 amide bonds. The van der Waals surface area contributed by atoms with Gasteiger partial charge in [-0.2, -0.15) is 0 Å². The number of para-hydroxylation sites is 1. The molecule has 3 rings (SSSR count). The van der Waals surface area contributed by atoms with Crippen LogP contribution in [0.1, 0.15) is 15.4 Å². The van der Waals surface area contributed by atoms with Gasteiger partial charge in [0, 0.05) is 5.56 Å². The average molecular weight is 398 g/mol. The first-order valence-electron chi connectivity index (χ1n) is 8.78. The number of hydrogen-bond acceptors (Lipinski definition) is 6. The summed E-state index contributed by atoms with van der Waals surface area (Å²) in [5, 5.41) is 3.63. The highest BCUT2D eigenvalue weighted by Crippen LogP contribution is 2.34. The number of carbonyl (C=O) groups excluding carboxylic acids is 1. The molecule has 6 nitrogen and oxygen atoms in total. The minimum Gasteiger partial charge on any atom is -0.493 e. The molecule has 0 saturated carbocycles. The molecule has 0 spiro atoms. The van der Waals surface area contributed by atoms with Crippen molar-refractivity contribution in [1.82, 2.24) is 10.3 Å². The van der Waals surface area contributed by atoms with E-state index < -0.39 is 0 Å². The zero-order valence-electron chi connectivity index (χ0n) is 16.0. The van der Waals surface area contributed by atoms with E-state index in [-0.39, 0.29) is 5.91 Å². The maximum Gasteiger partial charge on any atom is 0.263 e. The molecular weight excluding hydrogens is 376 g/mol. The van der Waals surface area contributed by atoms with Gasteiger partial charge in [0.25, 0.3) is 5.91 Å². The number of amides is 1. The maximum absolute atomic E-state index is 12.5. The van der Waals surface area contributed by atoms with Crippen LogP contribution in [0, 0.1) is 6.92 Å². The van der Waals surface area contributed by atoms with Gasteiger partial charge in [-0.25, -0.2) is 4.98 Å². The molecule has 0 aliphatic carbocycles. The highest BCUT2D eigenvalue weighted by Gasteiger charge is 2.17. The number of aromatic nitrogens is 1. The summed E-state index contributed by atoms with van der Waals surface area (Å²) >= 11 is 1.35.